The van der Waals surface area contributed by atoms with Gasteiger partial charge in [0.1, 0.15) is 5.57 Å². The number of carbonyl (C=O) groups is 1. The Bertz CT molecular complexity index is 522. The zero-order chi connectivity index (χ0) is 20.6. The Morgan fingerprint density at radius 2 is 1.28 bits per heavy atom. The van der Waals surface area contributed by atoms with E-state index in [0.29, 0.717) is 0 Å². The first-order chi connectivity index (χ1) is 10.7. The second-order valence-electron chi connectivity index (χ2n) is 4.75. The molecule has 0 rings (SSSR count). The summed E-state index contributed by atoms with van der Waals surface area (Å²) in [5, 5.41) is 8.09. The molecule has 0 aliphatic carbocycles. The van der Waals surface area contributed by atoms with Crippen LogP contribution in [0.25, 0.3) is 0 Å². The minimum atomic E-state index is -7.24. The Balaban J connectivity index is 5.83. The minimum Gasteiger partial charge on any atom is -0.478 e. The molecule has 0 heterocycles. The van der Waals surface area contributed by atoms with Crippen LogP contribution in [-0.2, 0) is 4.79 Å². The van der Waals surface area contributed by atoms with E-state index in [1.807, 2.05) is 6.58 Å². The SMILES string of the molecule is C=C(C(=O)O)C(F)(F)C(F)(F)C(F)(F)C(F)(F)C(F)CCC(F)(F)F. The van der Waals surface area contributed by atoms with Gasteiger partial charge in [-0.25, -0.2) is 9.18 Å². The van der Waals surface area contributed by atoms with Crippen LogP contribution in [-0.4, -0.2) is 47.1 Å². The number of halogens is 12. The maximum absolute atomic E-state index is 13.2. The van der Waals surface area contributed by atoms with E-state index >= 15 is 0 Å². The molecular weight excluding hydrogens is 392 g/mol. The highest BCUT2D eigenvalue weighted by atomic mass is 19.4. The van der Waals surface area contributed by atoms with Gasteiger partial charge in [0.25, 0.3) is 0 Å². The summed E-state index contributed by atoms with van der Waals surface area (Å²) in [6, 6.07) is 0. The van der Waals surface area contributed by atoms with Crippen molar-refractivity contribution in [3.63, 3.8) is 0 Å². The molecule has 0 bridgehead atoms. The predicted molar refractivity (Wildman–Crippen MR) is 56.7 cm³/mol. The van der Waals surface area contributed by atoms with Gasteiger partial charge in [-0.1, -0.05) is 6.58 Å². The predicted octanol–water partition coefficient (Wildman–Crippen LogP) is 4.85. The van der Waals surface area contributed by atoms with Crippen molar-refractivity contribution >= 4 is 5.97 Å². The summed E-state index contributed by atoms with van der Waals surface area (Å²) in [5.41, 5.74) is -2.90. The van der Waals surface area contributed by atoms with E-state index in [0.717, 1.165) is 0 Å². The lowest BCUT2D eigenvalue weighted by Crippen LogP contribution is -2.65. The fourth-order valence-corrected chi connectivity index (χ4v) is 1.40. The second kappa shape index (κ2) is 6.59. The highest BCUT2D eigenvalue weighted by molar-refractivity contribution is 5.88. The summed E-state index contributed by atoms with van der Waals surface area (Å²) in [6.07, 6.45) is -14.7. The maximum Gasteiger partial charge on any atom is 0.389 e. The molecule has 0 aliphatic rings. The highest BCUT2D eigenvalue weighted by Crippen LogP contribution is 2.56. The molecule has 0 radical (unpaired) electrons. The molecule has 0 aromatic rings. The smallest absolute Gasteiger partial charge is 0.389 e. The van der Waals surface area contributed by atoms with E-state index in [2.05, 4.69) is 0 Å². The quantitative estimate of drug-likeness (QED) is 0.467. The highest BCUT2D eigenvalue weighted by Gasteiger charge is 2.83. The van der Waals surface area contributed by atoms with Crippen LogP contribution >= 0.6 is 0 Å². The molecule has 14 heteroatoms. The molecule has 0 saturated carbocycles. The Kier molecular flexibility index (Phi) is 6.16. The molecular formula is C11H8F12O2. The van der Waals surface area contributed by atoms with Crippen molar-refractivity contribution in [2.75, 3.05) is 0 Å². The zero-order valence-electron chi connectivity index (χ0n) is 11.6. The van der Waals surface area contributed by atoms with E-state index in [4.69, 9.17) is 5.11 Å². The third-order valence-corrected chi connectivity index (χ3v) is 2.92. The van der Waals surface area contributed by atoms with Crippen molar-refractivity contribution in [1.82, 2.24) is 0 Å². The zero-order valence-corrected chi connectivity index (χ0v) is 11.6. The van der Waals surface area contributed by atoms with E-state index in [9.17, 15) is 57.5 Å². The van der Waals surface area contributed by atoms with E-state index < -0.39 is 60.4 Å². The van der Waals surface area contributed by atoms with Gasteiger partial charge in [0.15, 0.2) is 6.17 Å². The van der Waals surface area contributed by atoms with Crippen molar-refractivity contribution in [1.29, 1.82) is 0 Å². The molecule has 0 aliphatic heterocycles. The molecule has 1 unspecified atom stereocenters. The fourth-order valence-electron chi connectivity index (χ4n) is 1.40. The van der Waals surface area contributed by atoms with Gasteiger partial charge in [-0.2, -0.15) is 48.3 Å². The standard InChI is InChI=1S/C11H8F12O2/c1-4(6(24)25)8(16,17)10(20,21)11(22,23)9(18,19)5(12)2-3-7(13,14)15/h5H,1-3H2,(H,24,25). The van der Waals surface area contributed by atoms with Gasteiger partial charge in [-0.15, -0.1) is 0 Å². The van der Waals surface area contributed by atoms with Crippen LogP contribution in [0, 0.1) is 0 Å². The molecule has 0 aromatic heterocycles. The van der Waals surface area contributed by atoms with Crippen molar-refractivity contribution in [3.05, 3.63) is 12.2 Å². The molecule has 2 nitrogen and oxygen atoms in total. The molecule has 0 aromatic carbocycles. The first-order valence-corrected chi connectivity index (χ1v) is 5.88. The van der Waals surface area contributed by atoms with E-state index in [-0.39, 0.29) is 0 Å². The first kappa shape index (κ1) is 23.4. The van der Waals surface area contributed by atoms with Gasteiger partial charge < -0.3 is 5.11 Å². The summed E-state index contributed by atoms with van der Waals surface area (Å²) >= 11 is 0. The summed E-state index contributed by atoms with van der Waals surface area (Å²) in [6.45, 7) is 1.85. The van der Waals surface area contributed by atoms with Crippen LogP contribution in [0.4, 0.5) is 52.7 Å². The van der Waals surface area contributed by atoms with Crippen LogP contribution < -0.4 is 0 Å². The van der Waals surface area contributed by atoms with E-state index in [1.165, 1.54) is 0 Å². The summed E-state index contributed by atoms with van der Waals surface area (Å²) in [7, 11) is 0. The average molecular weight is 400 g/mol. The molecule has 1 N–H and O–H groups in total. The number of alkyl halides is 12. The molecule has 0 amide bonds. The van der Waals surface area contributed by atoms with Crippen molar-refractivity contribution in [2.24, 2.45) is 0 Å². The van der Waals surface area contributed by atoms with E-state index in [1.54, 1.807) is 0 Å². The van der Waals surface area contributed by atoms with Crippen LogP contribution in [0.5, 0.6) is 0 Å². The maximum atomic E-state index is 13.2. The van der Waals surface area contributed by atoms with Crippen LogP contribution in [0.1, 0.15) is 12.8 Å². The average Bonchev–Trinajstić information content (AvgIpc) is 2.41. The molecule has 1 atom stereocenters. The number of hydrogen-bond acceptors (Lipinski definition) is 1. The van der Waals surface area contributed by atoms with Crippen LogP contribution in [0.15, 0.2) is 12.2 Å². The minimum absolute atomic E-state index is 1.85. The molecule has 148 valence electrons. The summed E-state index contributed by atoms with van der Waals surface area (Å²) in [4.78, 5) is 10.2. The number of rotatable bonds is 8. The van der Waals surface area contributed by atoms with Crippen molar-refractivity contribution in [3.8, 4) is 0 Å². The van der Waals surface area contributed by atoms with Gasteiger partial charge >= 0.3 is 35.8 Å². The van der Waals surface area contributed by atoms with Crippen LogP contribution in [0.2, 0.25) is 0 Å². The lowest BCUT2D eigenvalue weighted by Gasteiger charge is -2.37. The Hall–Kier alpha value is -1.63. The Morgan fingerprint density at radius 3 is 1.60 bits per heavy atom. The second-order valence-corrected chi connectivity index (χ2v) is 4.75. The number of hydrogen-bond donors (Lipinski definition) is 1. The molecule has 25 heavy (non-hydrogen) atoms. The van der Waals surface area contributed by atoms with Gasteiger partial charge in [0.05, 0.1) is 0 Å². The number of carboxylic acids is 1. The monoisotopic (exact) mass is 400 g/mol. The van der Waals surface area contributed by atoms with Crippen LogP contribution in [0.3, 0.4) is 0 Å². The Labute approximate surface area is 131 Å². The molecule has 0 fully saturated rings. The largest absolute Gasteiger partial charge is 0.478 e. The topological polar surface area (TPSA) is 37.3 Å². The van der Waals surface area contributed by atoms with Crippen molar-refractivity contribution in [2.45, 2.75) is 48.9 Å². The third kappa shape index (κ3) is 4.14. The van der Waals surface area contributed by atoms with Gasteiger partial charge in [-0.3, -0.25) is 0 Å². The number of carboxylic acid groups (broad SMARTS) is 1. The molecule has 0 saturated heterocycles. The third-order valence-electron chi connectivity index (χ3n) is 2.92. The lowest BCUT2D eigenvalue weighted by atomic mass is 9.91. The lowest BCUT2D eigenvalue weighted by molar-refractivity contribution is -0.368. The summed E-state index contributed by atoms with van der Waals surface area (Å²) in [5.74, 6) is -30.5. The molecule has 0 spiro atoms. The van der Waals surface area contributed by atoms with Crippen molar-refractivity contribution < 1.29 is 62.6 Å². The summed E-state index contributed by atoms with van der Waals surface area (Å²) < 4.78 is 154. The number of aliphatic carboxylic acids is 1. The van der Waals surface area contributed by atoms with Gasteiger partial charge in [-0.05, 0) is 6.42 Å². The van der Waals surface area contributed by atoms with Gasteiger partial charge in [0, 0.05) is 6.42 Å². The first-order valence-electron chi connectivity index (χ1n) is 5.88. The normalized spacial score (nSPS) is 15.8. The van der Waals surface area contributed by atoms with Gasteiger partial charge in [0.2, 0.25) is 0 Å². The Morgan fingerprint density at radius 1 is 0.880 bits per heavy atom. The fraction of sp³-hybridized carbons (Fsp3) is 0.727.